The molecule has 25 heavy (non-hydrogen) atoms. The van der Waals surface area contributed by atoms with Gasteiger partial charge >= 0.3 is 0 Å². The summed E-state index contributed by atoms with van der Waals surface area (Å²) in [5, 5.41) is 0. The Bertz CT molecular complexity index is 530. The standard InChI is InChI=1S/C18H35N3O3S/c1-4-14-25(23,24)21-12-9-16(10-13-21)18(22)20(6-3)15-17-8-7-11-19(17)5-2/h16-17H,4-15H2,1-3H3. The van der Waals surface area contributed by atoms with Crippen molar-refractivity contribution in [2.75, 3.05) is 45.0 Å². The van der Waals surface area contributed by atoms with E-state index in [-0.39, 0.29) is 17.6 Å². The molecule has 2 heterocycles. The molecule has 2 aliphatic rings. The molecule has 0 aliphatic carbocycles. The average molecular weight is 374 g/mol. The highest BCUT2D eigenvalue weighted by Crippen LogP contribution is 2.24. The van der Waals surface area contributed by atoms with Crippen molar-refractivity contribution in [3.8, 4) is 0 Å². The Hall–Kier alpha value is -0.660. The van der Waals surface area contributed by atoms with Gasteiger partial charge in [-0.2, -0.15) is 0 Å². The van der Waals surface area contributed by atoms with E-state index >= 15 is 0 Å². The van der Waals surface area contributed by atoms with Gasteiger partial charge in [0.2, 0.25) is 15.9 Å². The lowest BCUT2D eigenvalue weighted by Crippen LogP contribution is -2.48. The van der Waals surface area contributed by atoms with Crippen LogP contribution in [0.5, 0.6) is 0 Å². The van der Waals surface area contributed by atoms with Crippen molar-refractivity contribution in [2.45, 2.75) is 58.9 Å². The van der Waals surface area contributed by atoms with E-state index in [1.54, 1.807) is 4.31 Å². The van der Waals surface area contributed by atoms with Crippen molar-refractivity contribution in [1.29, 1.82) is 0 Å². The number of piperidine rings is 1. The first-order valence-electron chi connectivity index (χ1n) is 9.93. The average Bonchev–Trinajstić information content (AvgIpc) is 3.06. The Kier molecular flexibility index (Phi) is 7.70. The molecule has 2 saturated heterocycles. The van der Waals surface area contributed by atoms with Crippen molar-refractivity contribution in [1.82, 2.24) is 14.1 Å². The van der Waals surface area contributed by atoms with Crippen LogP contribution < -0.4 is 0 Å². The molecule has 146 valence electrons. The van der Waals surface area contributed by atoms with Gasteiger partial charge in [-0.25, -0.2) is 12.7 Å². The zero-order valence-corrected chi connectivity index (χ0v) is 16.9. The van der Waals surface area contributed by atoms with E-state index in [0.717, 1.165) is 26.2 Å². The van der Waals surface area contributed by atoms with Crippen molar-refractivity contribution in [3.05, 3.63) is 0 Å². The normalized spacial score (nSPS) is 23.9. The Morgan fingerprint density at radius 1 is 1.08 bits per heavy atom. The van der Waals surface area contributed by atoms with E-state index in [1.165, 1.54) is 12.8 Å². The molecule has 0 saturated carbocycles. The molecular weight excluding hydrogens is 338 g/mol. The van der Waals surface area contributed by atoms with Crippen LogP contribution in [0.1, 0.15) is 52.9 Å². The minimum Gasteiger partial charge on any atom is -0.341 e. The molecule has 1 atom stereocenters. The van der Waals surface area contributed by atoms with Gasteiger partial charge in [0, 0.05) is 38.1 Å². The van der Waals surface area contributed by atoms with Gasteiger partial charge in [-0.05, 0) is 52.1 Å². The van der Waals surface area contributed by atoms with Crippen LogP contribution in [0.25, 0.3) is 0 Å². The second-order valence-electron chi connectivity index (χ2n) is 7.29. The third kappa shape index (κ3) is 5.17. The second-order valence-corrected chi connectivity index (χ2v) is 9.38. The van der Waals surface area contributed by atoms with Crippen LogP contribution >= 0.6 is 0 Å². The van der Waals surface area contributed by atoms with Gasteiger partial charge in [0.1, 0.15) is 0 Å². The van der Waals surface area contributed by atoms with E-state index in [9.17, 15) is 13.2 Å². The van der Waals surface area contributed by atoms with Gasteiger partial charge in [0.05, 0.1) is 5.75 Å². The monoisotopic (exact) mass is 373 g/mol. The van der Waals surface area contributed by atoms with E-state index in [1.807, 2.05) is 18.7 Å². The summed E-state index contributed by atoms with van der Waals surface area (Å²) in [6.45, 7) is 10.8. The predicted octanol–water partition coefficient (Wildman–Crippen LogP) is 1.77. The summed E-state index contributed by atoms with van der Waals surface area (Å²) in [4.78, 5) is 17.4. The number of rotatable bonds is 8. The highest BCUT2D eigenvalue weighted by Gasteiger charge is 2.34. The molecule has 1 unspecified atom stereocenters. The zero-order chi connectivity index (χ0) is 18.4. The van der Waals surface area contributed by atoms with Gasteiger partial charge in [-0.15, -0.1) is 0 Å². The number of carbonyl (C=O) groups is 1. The number of sulfonamides is 1. The smallest absolute Gasteiger partial charge is 0.225 e. The number of likely N-dealkylation sites (N-methyl/N-ethyl adjacent to an activating group) is 2. The maximum atomic E-state index is 12.9. The van der Waals surface area contributed by atoms with Crippen molar-refractivity contribution >= 4 is 15.9 Å². The Morgan fingerprint density at radius 3 is 2.32 bits per heavy atom. The van der Waals surface area contributed by atoms with Crippen LogP contribution in [0.3, 0.4) is 0 Å². The van der Waals surface area contributed by atoms with Crippen molar-refractivity contribution < 1.29 is 13.2 Å². The molecule has 1 amide bonds. The summed E-state index contributed by atoms with van der Waals surface area (Å²) in [6.07, 6.45) is 4.34. The molecule has 0 radical (unpaired) electrons. The van der Waals surface area contributed by atoms with Crippen LogP contribution in [0.4, 0.5) is 0 Å². The van der Waals surface area contributed by atoms with Gasteiger partial charge < -0.3 is 4.90 Å². The van der Waals surface area contributed by atoms with E-state index in [0.29, 0.717) is 38.4 Å². The molecule has 0 aromatic rings. The summed E-state index contributed by atoms with van der Waals surface area (Å²) in [6, 6.07) is 0.485. The van der Waals surface area contributed by atoms with Crippen LogP contribution in [0.15, 0.2) is 0 Å². The molecule has 0 N–H and O–H groups in total. The Balaban J connectivity index is 1.89. The lowest BCUT2D eigenvalue weighted by molar-refractivity contribution is -0.137. The molecule has 0 spiro atoms. The van der Waals surface area contributed by atoms with Gasteiger partial charge in [-0.1, -0.05) is 13.8 Å². The predicted molar refractivity (Wildman–Crippen MR) is 101 cm³/mol. The number of hydrogen-bond donors (Lipinski definition) is 0. The lowest BCUT2D eigenvalue weighted by atomic mass is 9.96. The minimum absolute atomic E-state index is 0.0236. The fraction of sp³-hybridized carbons (Fsp3) is 0.944. The van der Waals surface area contributed by atoms with Crippen LogP contribution in [0.2, 0.25) is 0 Å². The molecular formula is C18H35N3O3S. The molecule has 7 heteroatoms. The minimum atomic E-state index is -3.14. The van der Waals surface area contributed by atoms with E-state index in [4.69, 9.17) is 0 Å². The topological polar surface area (TPSA) is 60.9 Å². The molecule has 2 fully saturated rings. The van der Waals surface area contributed by atoms with Crippen molar-refractivity contribution in [2.24, 2.45) is 5.92 Å². The number of nitrogens with zero attached hydrogens (tertiary/aromatic N) is 3. The highest BCUT2D eigenvalue weighted by atomic mass is 32.2. The summed E-state index contributed by atoms with van der Waals surface area (Å²) >= 11 is 0. The third-order valence-corrected chi connectivity index (χ3v) is 7.76. The maximum absolute atomic E-state index is 12.9. The van der Waals surface area contributed by atoms with Gasteiger partial charge in [0.25, 0.3) is 0 Å². The summed E-state index contributed by atoms with van der Waals surface area (Å²) in [5.74, 6) is 0.406. The first-order chi connectivity index (χ1) is 11.9. The van der Waals surface area contributed by atoms with E-state index in [2.05, 4.69) is 11.8 Å². The number of hydrogen-bond acceptors (Lipinski definition) is 4. The van der Waals surface area contributed by atoms with Crippen molar-refractivity contribution in [3.63, 3.8) is 0 Å². The summed E-state index contributed by atoms with van der Waals surface area (Å²) < 4.78 is 25.9. The highest BCUT2D eigenvalue weighted by molar-refractivity contribution is 7.89. The molecule has 2 aliphatic heterocycles. The Morgan fingerprint density at radius 2 is 1.76 bits per heavy atom. The quantitative estimate of drug-likeness (QED) is 0.651. The SMILES string of the molecule is CCCS(=O)(=O)N1CCC(C(=O)N(CC)CC2CCCN2CC)CC1. The molecule has 0 aromatic heterocycles. The fourth-order valence-corrected chi connectivity index (χ4v) is 5.71. The van der Waals surface area contributed by atoms with Crippen LogP contribution in [-0.2, 0) is 14.8 Å². The maximum Gasteiger partial charge on any atom is 0.225 e. The number of carbonyl (C=O) groups excluding carboxylic acids is 1. The fourth-order valence-electron chi connectivity index (χ4n) is 4.17. The Labute approximate surface area is 153 Å². The first-order valence-corrected chi connectivity index (χ1v) is 11.5. The summed E-state index contributed by atoms with van der Waals surface area (Å²) in [7, 11) is -3.14. The lowest BCUT2D eigenvalue weighted by Gasteiger charge is -2.35. The van der Waals surface area contributed by atoms with Crippen LogP contribution in [-0.4, -0.2) is 79.5 Å². The molecule has 6 nitrogen and oxygen atoms in total. The molecule has 2 rings (SSSR count). The first kappa shape index (κ1) is 20.6. The van der Waals surface area contributed by atoms with Gasteiger partial charge in [-0.3, -0.25) is 9.69 Å². The molecule has 0 bridgehead atoms. The van der Waals surface area contributed by atoms with E-state index < -0.39 is 10.0 Å². The zero-order valence-electron chi connectivity index (χ0n) is 16.1. The largest absolute Gasteiger partial charge is 0.341 e. The second kappa shape index (κ2) is 9.33. The molecule has 0 aromatic carbocycles. The van der Waals surface area contributed by atoms with Gasteiger partial charge in [0.15, 0.2) is 0 Å². The summed E-state index contributed by atoms with van der Waals surface area (Å²) in [5.41, 5.74) is 0. The number of likely N-dealkylation sites (tertiary alicyclic amines) is 1. The van der Waals surface area contributed by atoms with Crippen LogP contribution in [0, 0.1) is 5.92 Å². The number of amides is 1. The third-order valence-electron chi connectivity index (χ3n) is 5.69.